The van der Waals surface area contributed by atoms with Crippen molar-refractivity contribution < 1.29 is 32.7 Å². The molecule has 4 atom stereocenters. The van der Waals surface area contributed by atoms with Gasteiger partial charge in [-0.1, -0.05) is 0 Å². The Morgan fingerprint density at radius 2 is 1.75 bits per heavy atom. The highest BCUT2D eigenvalue weighted by Crippen LogP contribution is 2.53. The maximum atomic E-state index is 12.4. The number of rotatable bonds is 6. The Morgan fingerprint density at radius 1 is 1.20 bits per heavy atom. The fourth-order valence-corrected chi connectivity index (χ4v) is 3.96. The number of phosphoric ester groups is 1. The van der Waals surface area contributed by atoms with E-state index >= 15 is 0 Å². The Kier molecular flexibility index (Phi) is 4.91. The summed E-state index contributed by atoms with van der Waals surface area (Å²) in [6, 6.07) is 0. The molecule has 0 radical (unpaired) electrons. The summed E-state index contributed by atoms with van der Waals surface area (Å²) in [5.74, 6) is -0.792. The zero-order valence-electron chi connectivity index (χ0n) is 12.3. The lowest BCUT2D eigenvalue weighted by atomic mass is 10.2. The van der Waals surface area contributed by atoms with E-state index in [0.29, 0.717) is 0 Å². The van der Waals surface area contributed by atoms with Crippen molar-refractivity contribution in [2.75, 3.05) is 13.2 Å². The number of hydrogen-bond donors (Lipinski definition) is 1. The topological polar surface area (TPSA) is 83.5 Å². The van der Waals surface area contributed by atoms with Crippen LogP contribution in [0, 0.1) is 0 Å². The molecule has 8 heteroatoms. The summed E-state index contributed by atoms with van der Waals surface area (Å²) in [5.41, 5.74) is 0. The van der Waals surface area contributed by atoms with Gasteiger partial charge in [-0.3, -0.25) is 13.6 Å². The monoisotopic (exact) mass is 310 g/mol. The maximum absolute atomic E-state index is 12.4. The number of hydrogen-bond acceptors (Lipinski definition) is 7. The van der Waals surface area contributed by atoms with E-state index in [9.17, 15) is 9.67 Å². The van der Waals surface area contributed by atoms with Crippen molar-refractivity contribution in [2.45, 2.75) is 64.3 Å². The molecule has 0 unspecified atom stereocenters. The third-order valence-corrected chi connectivity index (χ3v) is 4.90. The molecule has 2 fully saturated rings. The van der Waals surface area contributed by atoms with Gasteiger partial charge in [-0.15, -0.1) is 0 Å². The molecule has 1 N–H and O–H groups in total. The minimum Gasteiger partial charge on any atom is -0.390 e. The minimum absolute atomic E-state index is 0.212. The fraction of sp³-hybridized carbons (Fsp3) is 1.00. The van der Waals surface area contributed by atoms with Crippen LogP contribution in [0.2, 0.25) is 0 Å². The van der Waals surface area contributed by atoms with Crippen LogP contribution in [0.15, 0.2) is 0 Å². The lowest BCUT2D eigenvalue weighted by Crippen LogP contribution is -2.31. The number of phosphoric acid groups is 1. The van der Waals surface area contributed by atoms with Crippen molar-refractivity contribution in [1.29, 1.82) is 0 Å². The molecule has 7 nitrogen and oxygen atoms in total. The van der Waals surface area contributed by atoms with E-state index in [1.165, 1.54) is 0 Å². The molecule has 0 aromatic carbocycles. The van der Waals surface area contributed by atoms with Gasteiger partial charge in [0.2, 0.25) is 0 Å². The van der Waals surface area contributed by atoms with Gasteiger partial charge in [0.1, 0.15) is 18.3 Å². The molecule has 0 aromatic rings. The molecule has 1 saturated carbocycles. The Balaban J connectivity index is 2.07. The molecular weight excluding hydrogens is 287 g/mol. The van der Waals surface area contributed by atoms with Gasteiger partial charge in [0.05, 0.1) is 19.3 Å². The van der Waals surface area contributed by atoms with Crippen LogP contribution in [0.1, 0.15) is 34.1 Å². The Bertz CT molecular complexity index is 376. The molecule has 2 rings (SSSR count). The zero-order chi connectivity index (χ0) is 15.0. The smallest absolute Gasteiger partial charge is 0.390 e. The number of aliphatic hydroxyl groups excluding tert-OH is 1. The first-order valence-electron chi connectivity index (χ1n) is 6.91. The van der Waals surface area contributed by atoms with Gasteiger partial charge < -0.3 is 14.6 Å². The van der Waals surface area contributed by atoms with E-state index in [2.05, 4.69) is 0 Å². The first kappa shape index (κ1) is 16.4. The molecule has 0 spiro atoms. The molecule has 1 aliphatic heterocycles. The molecular formula is C12H23O7P. The van der Waals surface area contributed by atoms with Crippen LogP contribution in [-0.4, -0.2) is 48.5 Å². The standard InChI is InChI=1S/C12H23O7P/c1-5-15-20(14,16-6-2)19-9-7-8(13)10-11(9)18-12(3,4)17-10/h8-11,13H,5-7H2,1-4H3/t8-,9+,10+,11-/m1/s1. The van der Waals surface area contributed by atoms with Crippen LogP contribution in [0.25, 0.3) is 0 Å². The quantitative estimate of drug-likeness (QED) is 0.749. The Morgan fingerprint density at radius 3 is 2.30 bits per heavy atom. The second-order valence-corrected chi connectivity index (χ2v) is 6.92. The second-order valence-electron chi connectivity index (χ2n) is 5.29. The third kappa shape index (κ3) is 3.42. The van der Waals surface area contributed by atoms with Gasteiger partial charge in [-0.05, 0) is 27.7 Å². The minimum atomic E-state index is -3.63. The number of aliphatic hydroxyl groups is 1. The first-order valence-corrected chi connectivity index (χ1v) is 8.37. The molecule has 1 heterocycles. The summed E-state index contributed by atoms with van der Waals surface area (Å²) in [5, 5.41) is 10.0. The summed E-state index contributed by atoms with van der Waals surface area (Å²) < 4.78 is 39.4. The van der Waals surface area contributed by atoms with Crippen molar-refractivity contribution in [3.8, 4) is 0 Å². The van der Waals surface area contributed by atoms with Crippen LogP contribution in [-0.2, 0) is 27.6 Å². The van der Waals surface area contributed by atoms with Gasteiger partial charge in [0.15, 0.2) is 5.79 Å². The molecule has 20 heavy (non-hydrogen) atoms. The highest BCUT2D eigenvalue weighted by Gasteiger charge is 2.56. The second kappa shape index (κ2) is 6.01. The average Bonchev–Trinajstić information content (AvgIpc) is 2.76. The van der Waals surface area contributed by atoms with Crippen molar-refractivity contribution in [2.24, 2.45) is 0 Å². The highest BCUT2D eigenvalue weighted by atomic mass is 31.2. The number of ether oxygens (including phenoxy) is 2. The Hall–Kier alpha value is -0.0100. The fourth-order valence-electron chi connectivity index (χ4n) is 2.59. The molecule has 2 aliphatic rings. The molecule has 1 aliphatic carbocycles. The lowest BCUT2D eigenvalue weighted by Gasteiger charge is -2.25. The SMILES string of the molecule is CCOP(=O)(OCC)O[C@H]1C[C@@H](O)[C@@H]2OC(C)(C)O[C@@H]21. The summed E-state index contributed by atoms with van der Waals surface area (Å²) in [6.45, 7) is 7.37. The zero-order valence-corrected chi connectivity index (χ0v) is 13.2. The molecule has 0 aromatic heterocycles. The van der Waals surface area contributed by atoms with Crippen LogP contribution in [0.4, 0.5) is 0 Å². The van der Waals surface area contributed by atoms with E-state index in [1.54, 1.807) is 27.7 Å². The molecule has 0 bridgehead atoms. The van der Waals surface area contributed by atoms with Crippen molar-refractivity contribution in [1.82, 2.24) is 0 Å². The Labute approximate surface area is 119 Å². The van der Waals surface area contributed by atoms with E-state index in [0.717, 1.165) is 0 Å². The van der Waals surface area contributed by atoms with Gasteiger partial charge in [-0.2, -0.15) is 0 Å². The van der Waals surface area contributed by atoms with E-state index in [-0.39, 0.29) is 19.6 Å². The van der Waals surface area contributed by atoms with Crippen molar-refractivity contribution in [3.05, 3.63) is 0 Å². The van der Waals surface area contributed by atoms with Gasteiger partial charge in [0.25, 0.3) is 0 Å². The van der Waals surface area contributed by atoms with Crippen LogP contribution in [0.5, 0.6) is 0 Å². The molecule has 1 saturated heterocycles. The predicted octanol–water partition coefficient (Wildman–Crippen LogP) is 1.84. The van der Waals surface area contributed by atoms with Gasteiger partial charge >= 0.3 is 7.82 Å². The van der Waals surface area contributed by atoms with Gasteiger partial charge in [0, 0.05) is 6.42 Å². The summed E-state index contributed by atoms with van der Waals surface area (Å²) in [7, 11) is -3.63. The highest BCUT2D eigenvalue weighted by molar-refractivity contribution is 7.48. The summed E-state index contributed by atoms with van der Waals surface area (Å²) in [4.78, 5) is 0. The lowest BCUT2D eigenvalue weighted by molar-refractivity contribution is -0.171. The maximum Gasteiger partial charge on any atom is 0.475 e. The summed E-state index contributed by atoms with van der Waals surface area (Å²) >= 11 is 0. The third-order valence-electron chi connectivity index (χ3n) is 3.22. The first-order chi connectivity index (χ1) is 9.30. The summed E-state index contributed by atoms with van der Waals surface area (Å²) in [6.07, 6.45) is -1.99. The largest absolute Gasteiger partial charge is 0.475 e. The average molecular weight is 310 g/mol. The van der Waals surface area contributed by atoms with E-state index < -0.39 is 38.0 Å². The molecule has 0 amide bonds. The van der Waals surface area contributed by atoms with Crippen molar-refractivity contribution >= 4 is 7.82 Å². The van der Waals surface area contributed by atoms with Crippen LogP contribution in [0.3, 0.4) is 0 Å². The van der Waals surface area contributed by atoms with Crippen LogP contribution >= 0.6 is 7.82 Å². The van der Waals surface area contributed by atoms with Crippen LogP contribution < -0.4 is 0 Å². The van der Waals surface area contributed by atoms with E-state index in [1.807, 2.05) is 0 Å². The predicted molar refractivity (Wildman–Crippen MR) is 70.2 cm³/mol. The normalized spacial score (nSPS) is 36.2. The van der Waals surface area contributed by atoms with Gasteiger partial charge in [-0.25, -0.2) is 4.57 Å². The number of fused-ring (bicyclic) bond motifs is 1. The molecule has 118 valence electrons. The van der Waals surface area contributed by atoms with E-state index in [4.69, 9.17) is 23.0 Å². The van der Waals surface area contributed by atoms with Crippen molar-refractivity contribution in [3.63, 3.8) is 0 Å².